The van der Waals surface area contributed by atoms with Gasteiger partial charge in [-0.3, -0.25) is 9.78 Å². The van der Waals surface area contributed by atoms with Gasteiger partial charge in [-0.1, -0.05) is 30.3 Å². The van der Waals surface area contributed by atoms with Crippen molar-refractivity contribution in [3.05, 3.63) is 60.2 Å². The molecule has 8 heteroatoms. The predicted molar refractivity (Wildman–Crippen MR) is 103 cm³/mol. The first-order chi connectivity index (χ1) is 13.0. The fourth-order valence-electron chi connectivity index (χ4n) is 3.16. The van der Waals surface area contributed by atoms with Gasteiger partial charge in [0.1, 0.15) is 5.69 Å². The van der Waals surface area contributed by atoms with Gasteiger partial charge in [0.2, 0.25) is 10.0 Å². The van der Waals surface area contributed by atoms with Crippen LogP contribution in [0.15, 0.2) is 48.9 Å². The Bertz CT molecular complexity index is 836. The molecule has 27 heavy (non-hydrogen) atoms. The average Bonchev–Trinajstić information content (AvgIpc) is 2.72. The van der Waals surface area contributed by atoms with Gasteiger partial charge in [0.25, 0.3) is 5.91 Å². The molecule has 0 atom stereocenters. The van der Waals surface area contributed by atoms with Crippen LogP contribution in [0.1, 0.15) is 28.9 Å². The summed E-state index contributed by atoms with van der Waals surface area (Å²) in [5.41, 5.74) is 1.32. The molecule has 1 saturated heterocycles. The summed E-state index contributed by atoms with van der Waals surface area (Å²) in [7, 11) is -3.25. The van der Waals surface area contributed by atoms with Crippen LogP contribution < -0.4 is 5.32 Å². The smallest absolute Gasteiger partial charge is 0.271 e. The van der Waals surface area contributed by atoms with Crippen LogP contribution in [0.25, 0.3) is 0 Å². The molecule has 1 N–H and O–H groups in total. The van der Waals surface area contributed by atoms with Gasteiger partial charge in [-0.05, 0) is 30.7 Å². The van der Waals surface area contributed by atoms with Crippen molar-refractivity contribution in [3.8, 4) is 0 Å². The number of nitrogens with zero attached hydrogens (tertiary/aromatic N) is 3. The summed E-state index contributed by atoms with van der Waals surface area (Å²) in [6.07, 6.45) is 6.43. The first-order valence-electron chi connectivity index (χ1n) is 9.10. The molecule has 3 rings (SSSR count). The predicted octanol–water partition coefficient (Wildman–Crippen LogP) is 1.49. The van der Waals surface area contributed by atoms with Crippen molar-refractivity contribution in [3.63, 3.8) is 0 Å². The van der Waals surface area contributed by atoms with Crippen LogP contribution in [0, 0.1) is 5.92 Å². The number of carbonyl (C=O) groups is 1. The zero-order valence-corrected chi connectivity index (χ0v) is 15.9. The number of sulfonamides is 1. The minimum absolute atomic E-state index is 0.130. The summed E-state index contributed by atoms with van der Waals surface area (Å²) < 4.78 is 26.7. The van der Waals surface area contributed by atoms with E-state index in [4.69, 9.17) is 0 Å². The molecule has 1 aromatic carbocycles. The highest BCUT2D eigenvalue weighted by Gasteiger charge is 2.28. The van der Waals surface area contributed by atoms with Crippen LogP contribution in [0.4, 0.5) is 0 Å². The van der Waals surface area contributed by atoms with Crippen LogP contribution >= 0.6 is 0 Å². The highest BCUT2D eigenvalue weighted by atomic mass is 32.2. The van der Waals surface area contributed by atoms with E-state index in [1.54, 1.807) is 4.31 Å². The number of amides is 1. The van der Waals surface area contributed by atoms with Crippen LogP contribution in [0.3, 0.4) is 0 Å². The van der Waals surface area contributed by atoms with E-state index >= 15 is 0 Å². The average molecular weight is 388 g/mol. The van der Waals surface area contributed by atoms with E-state index in [0.29, 0.717) is 31.7 Å². The van der Waals surface area contributed by atoms with Gasteiger partial charge >= 0.3 is 0 Å². The van der Waals surface area contributed by atoms with Crippen molar-refractivity contribution in [2.45, 2.75) is 19.3 Å². The number of aromatic nitrogens is 2. The van der Waals surface area contributed by atoms with Crippen molar-refractivity contribution in [1.82, 2.24) is 19.6 Å². The Morgan fingerprint density at radius 1 is 1.15 bits per heavy atom. The van der Waals surface area contributed by atoms with Crippen molar-refractivity contribution < 1.29 is 13.2 Å². The Morgan fingerprint density at radius 3 is 2.56 bits per heavy atom. The molecule has 2 heterocycles. The summed E-state index contributed by atoms with van der Waals surface area (Å²) in [6, 6.07) is 9.65. The molecule has 0 bridgehead atoms. The van der Waals surface area contributed by atoms with Gasteiger partial charge in [0.15, 0.2) is 0 Å². The Morgan fingerprint density at radius 2 is 1.89 bits per heavy atom. The molecule has 0 saturated carbocycles. The fourth-order valence-corrected chi connectivity index (χ4v) is 4.68. The van der Waals surface area contributed by atoms with Gasteiger partial charge in [0.05, 0.1) is 11.9 Å². The third-order valence-electron chi connectivity index (χ3n) is 4.81. The summed E-state index contributed by atoms with van der Waals surface area (Å²) in [5.74, 6) is 0.151. The molecule has 1 fully saturated rings. The maximum Gasteiger partial charge on any atom is 0.271 e. The fraction of sp³-hybridized carbons (Fsp3) is 0.421. The van der Waals surface area contributed by atoms with E-state index in [2.05, 4.69) is 15.3 Å². The highest BCUT2D eigenvalue weighted by Crippen LogP contribution is 2.20. The number of aryl methyl sites for hydroxylation is 1. The van der Waals surface area contributed by atoms with Gasteiger partial charge in [-0.25, -0.2) is 17.7 Å². The summed E-state index contributed by atoms with van der Waals surface area (Å²) >= 11 is 0. The van der Waals surface area contributed by atoms with Crippen LogP contribution in [0.2, 0.25) is 0 Å². The first-order valence-corrected chi connectivity index (χ1v) is 10.7. The van der Waals surface area contributed by atoms with Gasteiger partial charge in [0, 0.05) is 32.0 Å². The van der Waals surface area contributed by atoms with Gasteiger partial charge < -0.3 is 5.32 Å². The quantitative estimate of drug-likeness (QED) is 0.776. The number of rotatable bonds is 7. The SMILES string of the molecule is O=C(NCC1CCN(S(=O)(=O)CCc2ccccc2)CC1)c1cnccn1. The second-order valence-electron chi connectivity index (χ2n) is 6.69. The second-order valence-corrected chi connectivity index (χ2v) is 8.78. The maximum atomic E-state index is 12.6. The molecule has 0 unspecified atom stereocenters. The van der Waals surface area contributed by atoms with Crippen LogP contribution in [0.5, 0.6) is 0 Å². The van der Waals surface area contributed by atoms with E-state index in [0.717, 1.165) is 18.4 Å². The Labute approximate surface area is 159 Å². The molecule has 0 spiro atoms. The third-order valence-corrected chi connectivity index (χ3v) is 6.68. The molecule has 1 aliphatic heterocycles. The molecule has 1 amide bonds. The van der Waals surface area contributed by atoms with E-state index in [1.165, 1.54) is 18.6 Å². The lowest BCUT2D eigenvalue weighted by atomic mass is 9.98. The monoisotopic (exact) mass is 388 g/mol. The van der Waals surface area contributed by atoms with E-state index < -0.39 is 10.0 Å². The molecule has 1 aromatic heterocycles. The minimum Gasteiger partial charge on any atom is -0.350 e. The Balaban J connectivity index is 1.43. The number of benzene rings is 1. The largest absolute Gasteiger partial charge is 0.350 e. The molecule has 1 aliphatic rings. The second kappa shape index (κ2) is 9.05. The molecular weight excluding hydrogens is 364 g/mol. The van der Waals surface area contributed by atoms with Crippen molar-refractivity contribution in [1.29, 1.82) is 0 Å². The number of carbonyl (C=O) groups excluding carboxylic acids is 1. The number of nitrogens with one attached hydrogen (secondary N) is 1. The Kier molecular flexibility index (Phi) is 6.52. The van der Waals surface area contributed by atoms with Crippen molar-refractivity contribution in [2.24, 2.45) is 5.92 Å². The summed E-state index contributed by atoms with van der Waals surface area (Å²) in [6.45, 7) is 1.53. The first kappa shape index (κ1) is 19.4. The standard InChI is InChI=1S/C19H24N4O3S/c24-19(18-15-20-9-10-21-18)22-14-17-6-11-23(12-7-17)27(25,26)13-8-16-4-2-1-3-5-16/h1-5,9-10,15,17H,6-8,11-14H2,(H,22,24). The lowest BCUT2D eigenvalue weighted by molar-refractivity contribution is 0.0936. The van der Waals surface area contributed by atoms with E-state index in [1.807, 2.05) is 30.3 Å². The van der Waals surface area contributed by atoms with Crippen LogP contribution in [-0.2, 0) is 16.4 Å². The highest BCUT2D eigenvalue weighted by molar-refractivity contribution is 7.89. The molecular formula is C19H24N4O3S. The molecule has 7 nitrogen and oxygen atoms in total. The zero-order chi connectivity index (χ0) is 19.1. The lowest BCUT2D eigenvalue weighted by Gasteiger charge is -2.31. The normalized spacial score (nSPS) is 16.1. The topological polar surface area (TPSA) is 92.3 Å². The van der Waals surface area contributed by atoms with Crippen molar-refractivity contribution >= 4 is 15.9 Å². The molecule has 0 radical (unpaired) electrons. The van der Waals surface area contributed by atoms with E-state index in [-0.39, 0.29) is 17.6 Å². The van der Waals surface area contributed by atoms with Crippen LogP contribution in [-0.4, -0.2) is 54.0 Å². The zero-order valence-electron chi connectivity index (χ0n) is 15.1. The van der Waals surface area contributed by atoms with Gasteiger partial charge in [-0.15, -0.1) is 0 Å². The third kappa shape index (κ3) is 5.58. The van der Waals surface area contributed by atoms with E-state index in [9.17, 15) is 13.2 Å². The summed E-state index contributed by atoms with van der Waals surface area (Å²) in [4.78, 5) is 19.9. The Hall–Kier alpha value is -2.32. The lowest BCUT2D eigenvalue weighted by Crippen LogP contribution is -2.42. The minimum atomic E-state index is -3.25. The number of hydrogen-bond acceptors (Lipinski definition) is 5. The molecule has 2 aromatic rings. The molecule has 144 valence electrons. The van der Waals surface area contributed by atoms with Gasteiger partial charge in [-0.2, -0.15) is 0 Å². The number of piperidine rings is 1. The molecule has 0 aliphatic carbocycles. The van der Waals surface area contributed by atoms with Crippen molar-refractivity contribution in [2.75, 3.05) is 25.4 Å². The summed E-state index contributed by atoms with van der Waals surface area (Å²) in [5, 5.41) is 2.86. The number of hydrogen-bond donors (Lipinski definition) is 1. The maximum absolute atomic E-state index is 12.6.